The van der Waals surface area contributed by atoms with Crippen molar-refractivity contribution in [2.45, 2.75) is 19.4 Å². The zero-order chi connectivity index (χ0) is 19.0. The van der Waals surface area contributed by atoms with Crippen molar-refractivity contribution in [1.82, 2.24) is 0 Å². The van der Waals surface area contributed by atoms with E-state index in [9.17, 15) is 22.8 Å². The highest BCUT2D eigenvalue weighted by Gasteiger charge is 2.31. The maximum atomic E-state index is 12.3. The number of allylic oxidation sites excluding steroid dienone is 1. The molecule has 2 aromatic carbocycles. The second kappa shape index (κ2) is 8.84. The van der Waals surface area contributed by atoms with Gasteiger partial charge in [-0.15, -0.1) is 13.2 Å². The van der Waals surface area contributed by atoms with Crippen LogP contribution in [0.25, 0.3) is 6.08 Å². The molecule has 26 heavy (non-hydrogen) atoms. The van der Waals surface area contributed by atoms with Crippen molar-refractivity contribution in [2.24, 2.45) is 0 Å². The second-order valence-electron chi connectivity index (χ2n) is 5.21. The zero-order valence-electron chi connectivity index (χ0n) is 13.5. The van der Waals surface area contributed by atoms with Crippen LogP contribution < -0.4 is 4.74 Å². The Balaban J connectivity index is 1.90. The summed E-state index contributed by atoms with van der Waals surface area (Å²) in [4.78, 5) is 23.4. The molecular formula is C19H15F3O4. The summed E-state index contributed by atoms with van der Waals surface area (Å²) in [6.07, 6.45) is -3.17. The first-order valence-electron chi connectivity index (χ1n) is 7.59. The molecule has 0 spiro atoms. The number of esters is 1. The van der Waals surface area contributed by atoms with Crippen molar-refractivity contribution in [2.75, 3.05) is 0 Å². The molecule has 0 aliphatic carbocycles. The number of ether oxygens (including phenoxy) is 2. The lowest BCUT2D eigenvalue weighted by atomic mass is 10.1. The third-order valence-corrected chi connectivity index (χ3v) is 3.15. The highest BCUT2D eigenvalue weighted by Crippen LogP contribution is 2.27. The van der Waals surface area contributed by atoms with Gasteiger partial charge in [0.1, 0.15) is 18.8 Å². The number of carbonyl (C=O) groups excluding carboxylic acids is 2. The molecule has 0 atom stereocenters. The molecule has 0 saturated carbocycles. The van der Waals surface area contributed by atoms with E-state index in [4.69, 9.17) is 4.74 Å². The lowest BCUT2D eigenvalue weighted by Gasteiger charge is -2.10. The van der Waals surface area contributed by atoms with E-state index >= 15 is 0 Å². The van der Waals surface area contributed by atoms with Gasteiger partial charge in [-0.25, -0.2) is 0 Å². The second-order valence-corrected chi connectivity index (χ2v) is 5.21. The number of halogens is 3. The van der Waals surface area contributed by atoms with Crippen molar-refractivity contribution in [3.63, 3.8) is 0 Å². The monoisotopic (exact) mass is 364 g/mol. The Morgan fingerprint density at radius 2 is 1.62 bits per heavy atom. The fraction of sp³-hybridized carbons (Fsp3) is 0.158. The Bertz CT molecular complexity index is 783. The standard InChI is InChI=1S/C19H15F3O4/c20-19(21,22)26-17-9-5-4-8-15(17)10-11-16(23)12-18(24)25-13-14-6-2-1-3-7-14/h1-11H,12-13H2. The SMILES string of the molecule is O=C(C=Cc1ccccc1OC(F)(F)F)CC(=O)OCc1ccccc1. The highest BCUT2D eigenvalue weighted by atomic mass is 19.4. The number of rotatable bonds is 7. The van der Waals surface area contributed by atoms with E-state index in [2.05, 4.69) is 4.74 Å². The van der Waals surface area contributed by atoms with E-state index in [1.54, 1.807) is 24.3 Å². The summed E-state index contributed by atoms with van der Waals surface area (Å²) in [6, 6.07) is 14.3. The first-order valence-corrected chi connectivity index (χ1v) is 7.59. The molecule has 136 valence electrons. The van der Waals surface area contributed by atoms with Gasteiger partial charge in [0.05, 0.1) is 0 Å². The van der Waals surface area contributed by atoms with E-state index in [0.717, 1.165) is 23.8 Å². The van der Waals surface area contributed by atoms with Crippen LogP contribution in [0.15, 0.2) is 60.7 Å². The van der Waals surface area contributed by atoms with Crippen LogP contribution in [0.1, 0.15) is 17.5 Å². The highest BCUT2D eigenvalue weighted by molar-refractivity contribution is 6.04. The van der Waals surface area contributed by atoms with E-state index in [0.29, 0.717) is 0 Å². The summed E-state index contributed by atoms with van der Waals surface area (Å²) in [6.45, 7) is 0.0406. The number of benzene rings is 2. The molecule has 0 heterocycles. The van der Waals surface area contributed by atoms with Gasteiger partial charge in [-0.05, 0) is 23.8 Å². The van der Waals surface area contributed by atoms with Crippen molar-refractivity contribution < 1.29 is 32.2 Å². The summed E-state index contributed by atoms with van der Waals surface area (Å²) >= 11 is 0. The molecule has 0 aromatic heterocycles. The Morgan fingerprint density at radius 1 is 0.962 bits per heavy atom. The average molecular weight is 364 g/mol. The number of para-hydroxylation sites is 1. The van der Waals surface area contributed by atoms with E-state index < -0.39 is 30.3 Å². The van der Waals surface area contributed by atoms with Gasteiger partial charge in [0.2, 0.25) is 0 Å². The summed E-state index contributed by atoms with van der Waals surface area (Å²) < 4.78 is 45.9. The summed E-state index contributed by atoms with van der Waals surface area (Å²) in [5, 5.41) is 0. The Morgan fingerprint density at radius 3 is 2.31 bits per heavy atom. The molecule has 2 aromatic rings. The maximum absolute atomic E-state index is 12.3. The fourth-order valence-corrected chi connectivity index (χ4v) is 2.01. The van der Waals surface area contributed by atoms with Gasteiger partial charge in [-0.3, -0.25) is 9.59 Å². The molecule has 0 N–H and O–H groups in total. The van der Waals surface area contributed by atoms with Crippen LogP contribution in [-0.2, 0) is 20.9 Å². The number of carbonyl (C=O) groups is 2. The molecule has 4 nitrogen and oxygen atoms in total. The number of ketones is 1. The maximum Gasteiger partial charge on any atom is 0.573 e. The van der Waals surface area contributed by atoms with Gasteiger partial charge in [-0.1, -0.05) is 48.5 Å². The minimum Gasteiger partial charge on any atom is -0.460 e. The molecule has 0 bridgehead atoms. The van der Waals surface area contributed by atoms with Crippen LogP contribution >= 0.6 is 0 Å². The van der Waals surface area contributed by atoms with Gasteiger partial charge in [0.25, 0.3) is 0 Å². The summed E-state index contributed by atoms with van der Waals surface area (Å²) in [5.74, 6) is -1.75. The predicted molar refractivity (Wildman–Crippen MR) is 88.0 cm³/mol. The van der Waals surface area contributed by atoms with Crippen LogP contribution in [0.4, 0.5) is 13.2 Å². The predicted octanol–water partition coefficient (Wildman–Crippen LogP) is 4.30. The summed E-state index contributed by atoms with van der Waals surface area (Å²) in [5.41, 5.74) is 0.845. The number of hydrogen-bond donors (Lipinski definition) is 0. The molecule has 0 radical (unpaired) electrons. The number of alkyl halides is 3. The Labute approximate surface area is 147 Å². The van der Waals surface area contributed by atoms with Crippen LogP contribution in [0, 0.1) is 0 Å². The lowest BCUT2D eigenvalue weighted by Crippen LogP contribution is -2.17. The van der Waals surface area contributed by atoms with E-state index in [1.165, 1.54) is 18.2 Å². The van der Waals surface area contributed by atoms with E-state index in [-0.39, 0.29) is 12.2 Å². The molecule has 0 amide bonds. The van der Waals surface area contributed by atoms with Crippen LogP contribution in [0.5, 0.6) is 5.75 Å². The molecule has 0 unspecified atom stereocenters. The van der Waals surface area contributed by atoms with Gasteiger partial charge >= 0.3 is 12.3 Å². The Hall–Kier alpha value is -3.09. The van der Waals surface area contributed by atoms with Gasteiger partial charge < -0.3 is 9.47 Å². The quantitative estimate of drug-likeness (QED) is 0.418. The first-order chi connectivity index (χ1) is 12.3. The molecule has 0 saturated heterocycles. The van der Waals surface area contributed by atoms with Crippen molar-refractivity contribution >= 4 is 17.8 Å². The van der Waals surface area contributed by atoms with Gasteiger partial charge in [-0.2, -0.15) is 0 Å². The zero-order valence-corrected chi connectivity index (χ0v) is 13.5. The van der Waals surface area contributed by atoms with Crippen LogP contribution in [-0.4, -0.2) is 18.1 Å². The molecule has 2 rings (SSSR count). The smallest absolute Gasteiger partial charge is 0.460 e. The minimum absolute atomic E-state index is 0.0406. The van der Waals surface area contributed by atoms with Gasteiger partial charge in [0, 0.05) is 5.56 Å². The molecule has 0 aliphatic rings. The summed E-state index contributed by atoms with van der Waals surface area (Å²) in [7, 11) is 0. The third kappa shape index (κ3) is 6.80. The third-order valence-electron chi connectivity index (χ3n) is 3.15. The van der Waals surface area contributed by atoms with Crippen LogP contribution in [0.2, 0.25) is 0 Å². The Kier molecular flexibility index (Phi) is 6.54. The molecular weight excluding hydrogens is 349 g/mol. The van der Waals surface area contributed by atoms with E-state index in [1.807, 2.05) is 6.07 Å². The molecule has 0 fully saturated rings. The first kappa shape index (κ1) is 19.2. The fourth-order valence-electron chi connectivity index (χ4n) is 2.01. The minimum atomic E-state index is -4.84. The number of hydrogen-bond acceptors (Lipinski definition) is 4. The van der Waals surface area contributed by atoms with Crippen molar-refractivity contribution in [3.05, 3.63) is 71.8 Å². The molecule has 0 aliphatic heterocycles. The average Bonchev–Trinajstić information content (AvgIpc) is 2.59. The van der Waals surface area contributed by atoms with Crippen LogP contribution in [0.3, 0.4) is 0 Å². The largest absolute Gasteiger partial charge is 0.573 e. The van der Waals surface area contributed by atoms with Crippen molar-refractivity contribution in [3.8, 4) is 5.75 Å². The van der Waals surface area contributed by atoms with Gasteiger partial charge in [0.15, 0.2) is 5.78 Å². The molecule has 7 heteroatoms. The topological polar surface area (TPSA) is 52.6 Å². The van der Waals surface area contributed by atoms with Crippen molar-refractivity contribution in [1.29, 1.82) is 0 Å². The normalized spacial score (nSPS) is 11.3. The lowest BCUT2D eigenvalue weighted by molar-refractivity contribution is -0.274.